The minimum Gasteiger partial charge on any atom is -0.360 e. The first-order valence-corrected chi connectivity index (χ1v) is 8.77. The molecule has 1 aliphatic rings. The third-order valence-electron chi connectivity index (χ3n) is 4.09. The summed E-state index contributed by atoms with van der Waals surface area (Å²) in [5.74, 6) is -1.67. The van der Waals surface area contributed by atoms with Gasteiger partial charge >= 0.3 is 0 Å². The largest absolute Gasteiger partial charge is 0.360 e. The van der Waals surface area contributed by atoms with Crippen molar-refractivity contribution in [2.24, 2.45) is 5.92 Å². The Morgan fingerprint density at radius 2 is 1.92 bits per heavy atom. The van der Waals surface area contributed by atoms with Gasteiger partial charge in [-0.25, -0.2) is 8.78 Å². The van der Waals surface area contributed by atoms with Crippen LogP contribution in [0.25, 0.3) is 0 Å². The number of aromatic nitrogens is 2. The lowest BCUT2D eigenvalue weighted by molar-refractivity contribution is 0.102. The molecule has 0 saturated heterocycles. The quantitative estimate of drug-likeness (QED) is 0.851. The molecular weight excluding hydrogens is 334 g/mol. The lowest BCUT2D eigenvalue weighted by atomic mass is 9.89. The number of halogens is 2. The number of carbonyl (C=O) groups is 1. The van der Waals surface area contributed by atoms with Crippen molar-refractivity contribution >= 4 is 27.5 Å². The zero-order valence-electron chi connectivity index (χ0n) is 13.0. The van der Waals surface area contributed by atoms with Gasteiger partial charge in [0, 0.05) is 12.6 Å². The van der Waals surface area contributed by atoms with Gasteiger partial charge in [-0.1, -0.05) is 30.6 Å². The Bertz CT molecular complexity index is 716. The van der Waals surface area contributed by atoms with E-state index in [1.807, 2.05) is 0 Å². The number of carbonyl (C=O) groups excluding carboxylic acids is 1. The molecule has 24 heavy (non-hydrogen) atoms. The van der Waals surface area contributed by atoms with E-state index in [-0.39, 0.29) is 10.7 Å². The molecule has 5 nitrogen and oxygen atoms in total. The lowest BCUT2D eigenvalue weighted by Crippen LogP contribution is -2.16. The third kappa shape index (κ3) is 4.25. The first-order valence-electron chi connectivity index (χ1n) is 7.95. The van der Waals surface area contributed by atoms with Gasteiger partial charge in [-0.3, -0.25) is 10.1 Å². The lowest BCUT2D eigenvalue weighted by Gasteiger charge is -2.21. The zero-order valence-corrected chi connectivity index (χ0v) is 13.8. The molecule has 0 atom stereocenters. The fourth-order valence-corrected chi connectivity index (χ4v) is 3.45. The molecule has 0 radical (unpaired) electrons. The summed E-state index contributed by atoms with van der Waals surface area (Å²) in [6, 6.07) is 2.81. The van der Waals surface area contributed by atoms with Crippen LogP contribution in [-0.4, -0.2) is 22.6 Å². The highest BCUT2D eigenvalue weighted by molar-refractivity contribution is 7.19. The summed E-state index contributed by atoms with van der Waals surface area (Å²) in [5, 5.41) is 14.5. The Balaban J connectivity index is 1.56. The van der Waals surface area contributed by atoms with Crippen LogP contribution in [0.5, 0.6) is 0 Å². The highest BCUT2D eigenvalue weighted by Crippen LogP contribution is 2.26. The van der Waals surface area contributed by atoms with Crippen molar-refractivity contribution in [3.63, 3.8) is 0 Å². The predicted octanol–water partition coefficient (Wildman–Crippen LogP) is 4.06. The average Bonchev–Trinajstić information content (AvgIpc) is 3.01. The molecule has 2 N–H and O–H groups in total. The van der Waals surface area contributed by atoms with E-state index in [2.05, 4.69) is 20.8 Å². The molecule has 0 spiro atoms. The molecule has 128 valence electrons. The summed E-state index contributed by atoms with van der Waals surface area (Å²) >= 11 is 1.19. The van der Waals surface area contributed by atoms with E-state index >= 15 is 0 Å². The molecule has 1 amide bonds. The van der Waals surface area contributed by atoms with E-state index < -0.39 is 17.5 Å². The van der Waals surface area contributed by atoms with Crippen LogP contribution in [0.2, 0.25) is 0 Å². The van der Waals surface area contributed by atoms with Crippen LogP contribution < -0.4 is 10.6 Å². The maximum Gasteiger partial charge on any atom is 0.260 e. The summed E-state index contributed by atoms with van der Waals surface area (Å²) < 4.78 is 26.5. The molecule has 1 aromatic heterocycles. The predicted molar refractivity (Wildman–Crippen MR) is 89.3 cm³/mol. The third-order valence-corrected chi connectivity index (χ3v) is 4.88. The smallest absolute Gasteiger partial charge is 0.260 e. The molecule has 0 aliphatic heterocycles. The Labute approximate surface area is 142 Å². The van der Waals surface area contributed by atoms with Crippen LogP contribution in [-0.2, 0) is 0 Å². The normalized spacial score (nSPS) is 15.2. The first-order chi connectivity index (χ1) is 11.6. The molecule has 1 fully saturated rings. The van der Waals surface area contributed by atoms with Crippen molar-refractivity contribution < 1.29 is 13.6 Å². The molecule has 1 aromatic carbocycles. The van der Waals surface area contributed by atoms with Gasteiger partial charge in [-0.2, -0.15) is 0 Å². The summed E-state index contributed by atoms with van der Waals surface area (Å²) in [6.07, 6.45) is 6.30. The SMILES string of the molecule is O=C(Nc1nnc(NCC2CCCCC2)s1)c1ccc(F)cc1F. The number of amides is 1. The van der Waals surface area contributed by atoms with Crippen LogP contribution in [0.15, 0.2) is 18.2 Å². The second-order valence-corrected chi connectivity index (χ2v) is 6.85. The van der Waals surface area contributed by atoms with Crippen LogP contribution in [0.4, 0.5) is 19.0 Å². The van der Waals surface area contributed by atoms with Crippen molar-refractivity contribution in [3.05, 3.63) is 35.4 Å². The topological polar surface area (TPSA) is 66.9 Å². The standard InChI is InChI=1S/C16H18F2N4OS/c17-11-6-7-12(13(18)8-11)14(23)20-16-22-21-15(24-16)19-9-10-4-2-1-3-5-10/h6-8,10H,1-5,9H2,(H,19,21)(H,20,22,23). The van der Waals surface area contributed by atoms with Gasteiger partial charge in [0.2, 0.25) is 10.3 Å². The van der Waals surface area contributed by atoms with Gasteiger partial charge in [0.1, 0.15) is 11.6 Å². The van der Waals surface area contributed by atoms with Gasteiger partial charge in [0.15, 0.2) is 0 Å². The fourth-order valence-electron chi connectivity index (χ4n) is 2.81. The molecule has 1 heterocycles. The number of anilines is 2. The summed E-state index contributed by atoms with van der Waals surface area (Å²) in [7, 11) is 0. The van der Waals surface area contributed by atoms with Crippen LogP contribution in [0.1, 0.15) is 42.5 Å². The number of rotatable bonds is 5. The van der Waals surface area contributed by atoms with E-state index in [1.54, 1.807) is 0 Å². The highest BCUT2D eigenvalue weighted by Gasteiger charge is 2.16. The Hall–Kier alpha value is -2.09. The Kier molecular flexibility index (Phi) is 5.34. The molecule has 0 bridgehead atoms. The maximum absolute atomic E-state index is 13.6. The van der Waals surface area contributed by atoms with Gasteiger partial charge in [-0.05, 0) is 30.9 Å². The van der Waals surface area contributed by atoms with E-state index in [1.165, 1.54) is 43.4 Å². The number of hydrogen-bond acceptors (Lipinski definition) is 5. The molecule has 1 aliphatic carbocycles. The zero-order chi connectivity index (χ0) is 16.9. The monoisotopic (exact) mass is 352 g/mol. The van der Waals surface area contributed by atoms with Crippen LogP contribution in [0, 0.1) is 17.6 Å². The Morgan fingerprint density at radius 3 is 2.67 bits per heavy atom. The molecule has 3 rings (SSSR count). The van der Waals surface area contributed by atoms with Crippen molar-refractivity contribution in [2.75, 3.05) is 17.2 Å². The Morgan fingerprint density at radius 1 is 1.17 bits per heavy atom. The van der Waals surface area contributed by atoms with Gasteiger partial charge in [0.25, 0.3) is 5.91 Å². The average molecular weight is 352 g/mol. The minimum atomic E-state index is -0.910. The van der Waals surface area contributed by atoms with Gasteiger partial charge in [0.05, 0.1) is 5.56 Å². The minimum absolute atomic E-state index is 0.233. The number of nitrogens with one attached hydrogen (secondary N) is 2. The van der Waals surface area contributed by atoms with Crippen molar-refractivity contribution in [1.82, 2.24) is 10.2 Å². The highest BCUT2D eigenvalue weighted by atomic mass is 32.1. The van der Waals surface area contributed by atoms with Crippen molar-refractivity contribution in [2.45, 2.75) is 32.1 Å². The summed E-state index contributed by atoms with van der Waals surface area (Å²) in [4.78, 5) is 12.0. The summed E-state index contributed by atoms with van der Waals surface area (Å²) in [6.45, 7) is 0.842. The first kappa shape index (κ1) is 16.8. The summed E-state index contributed by atoms with van der Waals surface area (Å²) in [5.41, 5.74) is -0.233. The molecule has 0 unspecified atom stereocenters. The van der Waals surface area contributed by atoms with E-state index in [9.17, 15) is 13.6 Å². The van der Waals surface area contributed by atoms with E-state index in [4.69, 9.17) is 0 Å². The van der Waals surface area contributed by atoms with Gasteiger partial charge < -0.3 is 5.32 Å². The molecule has 1 saturated carbocycles. The molecular formula is C16H18F2N4OS. The van der Waals surface area contributed by atoms with E-state index in [0.717, 1.165) is 18.7 Å². The van der Waals surface area contributed by atoms with Gasteiger partial charge in [-0.15, -0.1) is 10.2 Å². The second kappa shape index (κ2) is 7.65. The fraction of sp³-hybridized carbons (Fsp3) is 0.438. The second-order valence-electron chi connectivity index (χ2n) is 5.88. The molecule has 8 heteroatoms. The maximum atomic E-state index is 13.6. The van der Waals surface area contributed by atoms with Crippen molar-refractivity contribution in [1.29, 1.82) is 0 Å². The van der Waals surface area contributed by atoms with Crippen LogP contribution >= 0.6 is 11.3 Å². The molecule has 2 aromatic rings. The van der Waals surface area contributed by atoms with E-state index in [0.29, 0.717) is 17.1 Å². The number of nitrogens with zero attached hydrogens (tertiary/aromatic N) is 2. The van der Waals surface area contributed by atoms with Crippen molar-refractivity contribution in [3.8, 4) is 0 Å². The van der Waals surface area contributed by atoms with Crippen LogP contribution in [0.3, 0.4) is 0 Å². The number of hydrogen-bond donors (Lipinski definition) is 2. The number of benzene rings is 1.